The number of imide groups is 1. The molecule has 14 nitrogen and oxygen atoms in total. The first kappa shape index (κ1) is 36.7. The molecular formula is C35H43N5O9Si. The zero-order valence-corrected chi connectivity index (χ0v) is 30.0. The molecule has 0 bridgehead atoms. The van der Waals surface area contributed by atoms with E-state index in [1.165, 1.54) is 28.8 Å². The number of aliphatic hydroxyl groups excluding tert-OH is 1. The van der Waals surface area contributed by atoms with Gasteiger partial charge in [0.2, 0.25) is 5.91 Å². The third-order valence-corrected chi connectivity index (χ3v) is 13.9. The molecule has 1 saturated heterocycles. The third kappa shape index (κ3) is 7.76. The van der Waals surface area contributed by atoms with Crippen molar-refractivity contribution >= 4 is 37.8 Å². The van der Waals surface area contributed by atoms with Crippen molar-refractivity contribution in [2.24, 2.45) is 0 Å². The summed E-state index contributed by atoms with van der Waals surface area (Å²) in [6.45, 7) is 9.94. The molecule has 0 spiro atoms. The van der Waals surface area contributed by atoms with Crippen LogP contribution in [0.4, 0.5) is 5.82 Å². The van der Waals surface area contributed by atoms with Crippen molar-refractivity contribution in [1.82, 2.24) is 19.4 Å². The molecule has 5 rings (SSSR count). The van der Waals surface area contributed by atoms with Gasteiger partial charge in [0, 0.05) is 25.4 Å². The van der Waals surface area contributed by atoms with E-state index in [1.54, 1.807) is 54.6 Å². The summed E-state index contributed by atoms with van der Waals surface area (Å²) < 4.78 is 19.8. The Morgan fingerprint density at radius 1 is 1.00 bits per heavy atom. The van der Waals surface area contributed by atoms with E-state index in [9.17, 15) is 29.1 Å². The third-order valence-electron chi connectivity index (χ3n) is 9.38. The molecule has 1 fully saturated rings. The molecule has 3 aromatic rings. The van der Waals surface area contributed by atoms with Crippen molar-refractivity contribution in [2.45, 2.75) is 63.4 Å². The fourth-order valence-corrected chi connectivity index (χ4v) is 6.63. The number of aliphatic hydroxyl groups is 1. The molecule has 2 aliphatic heterocycles. The van der Waals surface area contributed by atoms with Gasteiger partial charge in [-0.15, -0.1) is 0 Å². The van der Waals surface area contributed by atoms with Crippen LogP contribution >= 0.6 is 0 Å². The lowest BCUT2D eigenvalue weighted by atomic mass is 10.1. The normalized spacial score (nSPS) is 20.6. The summed E-state index contributed by atoms with van der Waals surface area (Å²) in [4.78, 5) is 70.4. The van der Waals surface area contributed by atoms with Gasteiger partial charge in [-0.25, -0.2) is 4.79 Å². The van der Waals surface area contributed by atoms with E-state index in [-0.39, 0.29) is 41.7 Å². The van der Waals surface area contributed by atoms with E-state index >= 15 is 0 Å². The van der Waals surface area contributed by atoms with E-state index in [4.69, 9.17) is 13.9 Å². The molecule has 4 atom stereocenters. The molecule has 50 heavy (non-hydrogen) atoms. The van der Waals surface area contributed by atoms with Crippen molar-refractivity contribution in [3.05, 3.63) is 94.0 Å². The molecule has 0 aliphatic carbocycles. The predicted octanol–water partition coefficient (Wildman–Crippen LogP) is 2.92. The minimum atomic E-state index is -2.49. The smallest absolute Gasteiger partial charge is 0.351 e. The summed E-state index contributed by atoms with van der Waals surface area (Å²) >= 11 is 0. The van der Waals surface area contributed by atoms with Gasteiger partial charge in [-0.1, -0.05) is 51.1 Å². The van der Waals surface area contributed by atoms with Crippen molar-refractivity contribution in [3.63, 3.8) is 0 Å². The Morgan fingerprint density at radius 3 is 2.22 bits per heavy atom. The van der Waals surface area contributed by atoms with Crippen LogP contribution in [0.25, 0.3) is 0 Å². The van der Waals surface area contributed by atoms with Crippen molar-refractivity contribution in [1.29, 1.82) is 0 Å². The van der Waals surface area contributed by atoms with Crippen molar-refractivity contribution in [3.8, 4) is 0 Å². The molecule has 1 unspecified atom stereocenters. The molecule has 15 heteroatoms. The average Bonchev–Trinajstić information content (AvgIpc) is 3.50. The highest BCUT2D eigenvalue weighted by Crippen LogP contribution is 2.41. The topological polar surface area (TPSA) is 170 Å². The summed E-state index contributed by atoms with van der Waals surface area (Å²) in [5.74, 6) is -1.84. The quantitative estimate of drug-likeness (QED) is 0.162. The van der Waals surface area contributed by atoms with Gasteiger partial charge < -0.3 is 29.2 Å². The summed E-state index contributed by atoms with van der Waals surface area (Å²) in [6, 6.07) is 16.4. The maximum Gasteiger partial charge on any atom is 0.351 e. The highest BCUT2D eigenvalue weighted by atomic mass is 28.4. The Kier molecular flexibility index (Phi) is 10.8. The van der Waals surface area contributed by atoms with Crippen LogP contribution < -0.4 is 11.0 Å². The first-order chi connectivity index (χ1) is 23.6. The second kappa shape index (κ2) is 14.7. The molecule has 266 valence electrons. The minimum Gasteiger partial charge on any atom is -0.407 e. The van der Waals surface area contributed by atoms with E-state index in [0.717, 1.165) is 4.90 Å². The van der Waals surface area contributed by atoms with Gasteiger partial charge in [-0.3, -0.25) is 28.6 Å². The Labute approximate surface area is 291 Å². The summed E-state index contributed by atoms with van der Waals surface area (Å²) in [5, 5.41) is 13.9. The predicted molar refractivity (Wildman–Crippen MR) is 185 cm³/mol. The van der Waals surface area contributed by atoms with Gasteiger partial charge in [-0.05, 0) is 48.5 Å². The van der Waals surface area contributed by atoms with Crippen LogP contribution in [0.2, 0.25) is 18.1 Å². The van der Waals surface area contributed by atoms with Crippen LogP contribution in [0.3, 0.4) is 0 Å². The molecule has 2 aromatic carbocycles. The van der Waals surface area contributed by atoms with Crippen LogP contribution in [0.1, 0.15) is 58.1 Å². The van der Waals surface area contributed by atoms with E-state index in [2.05, 4.69) is 31.1 Å². The number of carbonyl (C=O) groups is 4. The van der Waals surface area contributed by atoms with Crippen LogP contribution in [-0.4, -0.2) is 108 Å². The largest absolute Gasteiger partial charge is 0.407 e. The number of anilines is 1. The van der Waals surface area contributed by atoms with Crippen LogP contribution in [0.15, 0.2) is 71.7 Å². The number of benzene rings is 2. The highest BCUT2D eigenvalue weighted by Gasteiger charge is 2.50. The summed E-state index contributed by atoms with van der Waals surface area (Å²) in [7, 11) is -0.948. The maximum atomic E-state index is 13.3. The Bertz CT molecular complexity index is 1770. The second-order valence-electron chi connectivity index (χ2n) is 13.9. The first-order valence-corrected chi connectivity index (χ1v) is 19.2. The number of amides is 4. The van der Waals surface area contributed by atoms with Gasteiger partial charge >= 0.3 is 5.69 Å². The fourth-order valence-electron chi connectivity index (χ4n) is 5.34. The van der Waals surface area contributed by atoms with Gasteiger partial charge in [0.25, 0.3) is 17.7 Å². The molecule has 4 amide bonds. The Balaban J connectivity index is 1.22. The molecule has 0 radical (unpaired) electrons. The molecule has 1 aromatic heterocycles. The summed E-state index contributed by atoms with van der Waals surface area (Å²) in [6.07, 6.45) is -2.61. The highest BCUT2D eigenvalue weighted by molar-refractivity contribution is 6.74. The number of fused-ring (bicyclic) bond motifs is 1. The van der Waals surface area contributed by atoms with E-state index in [0.29, 0.717) is 5.56 Å². The molecule has 2 N–H and O–H groups in total. The van der Waals surface area contributed by atoms with Crippen molar-refractivity contribution in [2.75, 3.05) is 38.7 Å². The number of nitrogens with zero attached hydrogens (tertiary/aromatic N) is 4. The first-order valence-electron chi connectivity index (χ1n) is 16.3. The lowest BCUT2D eigenvalue weighted by Gasteiger charge is -2.40. The van der Waals surface area contributed by atoms with E-state index in [1.807, 2.05) is 13.1 Å². The Hall–Kier alpha value is -4.54. The second-order valence-corrected chi connectivity index (χ2v) is 18.6. The van der Waals surface area contributed by atoms with E-state index < -0.39 is 68.7 Å². The van der Waals surface area contributed by atoms with Gasteiger partial charge in [0.15, 0.2) is 14.5 Å². The monoisotopic (exact) mass is 705 g/mol. The van der Waals surface area contributed by atoms with Gasteiger partial charge in [0.05, 0.1) is 24.3 Å². The number of rotatable bonds is 12. The number of hydrogen-bond donors (Lipinski definition) is 2. The number of likely N-dealkylation sites (N-methyl/N-ethyl adjacent to an activating group) is 1. The minimum absolute atomic E-state index is 0.0575. The number of nitrogens with one attached hydrogen (secondary N) is 1. The SMILES string of the molecule is CN(CCOC[C@H]1O[C@@H](n2ccc(NC(=O)c3ccccc3)nc2=O)[C@@H](O[Si](C)(C)C(C)(C)C)C1O)C(=O)CN1C(=O)c2ccccc2C1=O. The van der Waals surface area contributed by atoms with Gasteiger partial charge in [0.1, 0.15) is 30.7 Å². The Morgan fingerprint density at radius 2 is 1.62 bits per heavy atom. The van der Waals surface area contributed by atoms with Gasteiger partial charge in [-0.2, -0.15) is 4.98 Å². The molecule has 2 aliphatic rings. The number of carbonyl (C=O) groups excluding carboxylic acids is 4. The van der Waals surface area contributed by atoms with Crippen LogP contribution in [0.5, 0.6) is 0 Å². The molecular weight excluding hydrogens is 662 g/mol. The summed E-state index contributed by atoms with van der Waals surface area (Å²) in [5.41, 5.74) is 0.232. The lowest BCUT2D eigenvalue weighted by molar-refractivity contribution is -0.131. The molecule has 3 heterocycles. The average molecular weight is 706 g/mol. The fraction of sp³-hybridized carbons (Fsp3) is 0.429. The number of aromatic nitrogens is 2. The lowest BCUT2D eigenvalue weighted by Crippen LogP contribution is -2.49. The number of ether oxygens (including phenoxy) is 2. The van der Waals surface area contributed by atoms with Crippen molar-refractivity contribution < 1.29 is 38.2 Å². The zero-order chi connectivity index (χ0) is 36.4. The maximum absolute atomic E-state index is 13.3. The number of hydrogen-bond acceptors (Lipinski definition) is 10. The molecule has 0 saturated carbocycles. The zero-order valence-electron chi connectivity index (χ0n) is 29.0. The van der Waals surface area contributed by atoms with Crippen LogP contribution in [0, 0.1) is 0 Å². The van der Waals surface area contributed by atoms with Crippen LogP contribution in [-0.2, 0) is 18.7 Å². The standard InChI is InChI=1S/C35H43N5O9Si/c1-35(2,3)50(5,6)49-29-28(42)25(48-33(29)39-17-16-26(37-34(39)46)36-30(43)22-12-8-7-9-13-22)21-47-19-18-38(4)27(41)20-40-31(44)23-14-10-11-15-24(23)32(40)45/h7-17,25,28-29,33,42H,18-21H2,1-6H3,(H,36,37,43,46)/t25-,28?,29+,33-/m1/s1.